The summed E-state index contributed by atoms with van der Waals surface area (Å²) in [6.45, 7) is 7.00. The van der Waals surface area contributed by atoms with Gasteiger partial charge in [-0.15, -0.1) is 0 Å². The number of hydrogen-bond donors (Lipinski definition) is 1. The van der Waals surface area contributed by atoms with Gasteiger partial charge in [-0.1, -0.05) is 89.1 Å². The van der Waals surface area contributed by atoms with Crippen LogP contribution in [0.3, 0.4) is 0 Å². The fourth-order valence-corrected chi connectivity index (χ4v) is 7.25. The number of unbranched alkanes of at least 4 members (excludes halogenated alkanes) is 7. The first kappa shape index (κ1) is 29.4. The molecule has 9 nitrogen and oxygen atoms in total. The molecule has 3 heterocycles. The third-order valence-electron chi connectivity index (χ3n) is 7.72. The van der Waals surface area contributed by atoms with Gasteiger partial charge < -0.3 is 9.88 Å². The molecule has 39 heavy (non-hydrogen) atoms. The summed E-state index contributed by atoms with van der Waals surface area (Å²) in [5.41, 5.74) is 1.43. The monoisotopic (exact) mass is 556 g/mol. The van der Waals surface area contributed by atoms with Crippen molar-refractivity contribution in [1.82, 2.24) is 29.0 Å². The average molecular weight is 557 g/mol. The van der Waals surface area contributed by atoms with E-state index in [1.807, 2.05) is 36.9 Å². The molecule has 1 N–H and O–H groups in total. The highest BCUT2D eigenvalue weighted by Crippen LogP contribution is 2.31. The Kier molecular flexibility index (Phi) is 10.3. The van der Waals surface area contributed by atoms with E-state index in [1.165, 1.54) is 42.8 Å². The molecule has 1 aromatic carbocycles. The van der Waals surface area contributed by atoms with Crippen LogP contribution in [-0.4, -0.2) is 70.6 Å². The van der Waals surface area contributed by atoms with E-state index in [9.17, 15) is 13.2 Å². The van der Waals surface area contributed by atoms with E-state index in [0.717, 1.165) is 12.8 Å². The van der Waals surface area contributed by atoms with Crippen LogP contribution >= 0.6 is 0 Å². The molecule has 0 spiro atoms. The molecule has 10 heteroatoms. The normalized spacial score (nSPS) is 16.2. The van der Waals surface area contributed by atoms with E-state index >= 15 is 0 Å². The lowest BCUT2D eigenvalue weighted by molar-refractivity contribution is 0.221. The van der Waals surface area contributed by atoms with Crippen molar-refractivity contribution in [3.63, 3.8) is 0 Å². The summed E-state index contributed by atoms with van der Waals surface area (Å²) in [6.07, 6.45) is 10.2. The molecule has 3 aromatic rings. The molecule has 0 radical (unpaired) electrons. The van der Waals surface area contributed by atoms with Gasteiger partial charge in [0.1, 0.15) is 11.2 Å². The number of benzene rings is 1. The van der Waals surface area contributed by atoms with Crippen molar-refractivity contribution in [1.29, 1.82) is 0 Å². The molecular formula is C29H44N6O3S. The van der Waals surface area contributed by atoms with Gasteiger partial charge in [-0.3, -0.25) is 4.79 Å². The lowest BCUT2D eigenvalue weighted by atomic mass is 10.1. The van der Waals surface area contributed by atoms with Crippen molar-refractivity contribution in [2.75, 3.05) is 33.2 Å². The molecule has 0 aliphatic carbocycles. The number of nitrogens with one attached hydrogen (secondary N) is 1. The molecule has 2 aromatic heterocycles. The van der Waals surface area contributed by atoms with Gasteiger partial charge in [0.25, 0.3) is 5.56 Å². The van der Waals surface area contributed by atoms with Crippen LogP contribution in [-0.2, 0) is 23.0 Å². The SMILES string of the molecule is CCCCCCCCCCn1nc(CC)c2c(=O)[nH]c(C(c3ccccc3)S(=O)(=O)N3CCN(C)CC3)nc21. The number of fused-ring (bicyclic) bond motifs is 1. The van der Waals surface area contributed by atoms with Gasteiger partial charge in [0, 0.05) is 32.7 Å². The second-order valence-corrected chi connectivity index (χ2v) is 12.7. The zero-order valence-corrected chi connectivity index (χ0v) is 24.5. The number of nitrogens with zero attached hydrogens (tertiary/aromatic N) is 5. The minimum absolute atomic E-state index is 0.150. The number of sulfonamides is 1. The van der Waals surface area contributed by atoms with E-state index in [1.54, 1.807) is 12.1 Å². The molecule has 1 unspecified atom stereocenters. The highest BCUT2D eigenvalue weighted by atomic mass is 32.2. The summed E-state index contributed by atoms with van der Waals surface area (Å²) < 4.78 is 31.4. The molecule has 0 bridgehead atoms. The molecule has 0 amide bonds. The van der Waals surface area contributed by atoms with Crippen LogP contribution in [0.1, 0.15) is 87.5 Å². The zero-order valence-electron chi connectivity index (χ0n) is 23.7. The fourth-order valence-electron chi connectivity index (χ4n) is 5.38. The van der Waals surface area contributed by atoms with Crippen LogP contribution in [0.25, 0.3) is 11.0 Å². The molecule has 1 aliphatic heterocycles. The second-order valence-electron chi connectivity index (χ2n) is 10.7. The van der Waals surface area contributed by atoms with Gasteiger partial charge in [-0.05, 0) is 25.5 Å². The summed E-state index contributed by atoms with van der Waals surface area (Å²) in [4.78, 5) is 23.2. The van der Waals surface area contributed by atoms with Crippen LogP contribution in [0.5, 0.6) is 0 Å². The minimum Gasteiger partial charge on any atom is -0.308 e. The van der Waals surface area contributed by atoms with Gasteiger partial charge in [-0.2, -0.15) is 9.40 Å². The van der Waals surface area contributed by atoms with Gasteiger partial charge in [0.2, 0.25) is 10.0 Å². The summed E-state index contributed by atoms with van der Waals surface area (Å²) in [7, 11) is -1.85. The Balaban J connectivity index is 1.65. The Morgan fingerprint density at radius 3 is 2.21 bits per heavy atom. The van der Waals surface area contributed by atoms with Crippen LogP contribution in [0.2, 0.25) is 0 Å². The van der Waals surface area contributed by atoms with Crippen molar-refractivity contribution < 1.29 is 8.42 Å². The van der Waals surface area contributed by atoms with Gasteiger partial charge in [0.05, 0.1) is 5.69 Å². The number of piperazine rings is 1. The Morgan fingerprint density at radius 1 is 0.923 bits per heavy atom. The van der Waals surface area contributed by atoms with Gasteiger partial charge in [0.15, 0.2) is 10.9 Å². The smallest absolute Gasteiger partial charge is 0.262 e. The number of hydrogen-bond acceptors (Lipinski definition) is 6. The Hall–Kier alpha value is -2.56. The van der Waals surface area contributed by atoms with Crippen molar-refractivity contribution >= 4 is 21.1 Å². The predicted octanol–water partition coefficient (Wildman–Crippen LogP) is 4.49. The second kappa shape index (κ2) is 13.7. The fraction of sp³-hybridized carbons (Fsp3) is 0.621. The van der Waals surface area contributed by atoms with Crippen LogP contribution in [0, 0.1) is 0 Å². The Bertz CT molecular complexity index is 1360. The van der Waals surface area contributed by atoms with E-state index < -0.39 is 15.3 Å². The topological polar surface area (TPSA) is 104 Å². The highest BCUT2D eigenvalue weighted by Gasteiger charge is 2.38. The molecule has 1 atom stereocenters. The van der Waals surface area contributed by atoms with Gasteiger partial charge in [-0.25, -0.2) is 18.1 Å². The highest BCUT2D eigenvalue weighted by molar-refractivity contribution is 7.89. The number of aromatic amines is 1. The third-order valence-corrected chi connectivity index (χ3v) is 9.90. The predicted molar refractivity (Wildman–Crippen MR) is 156 cm³/mol. The number of aromatic nitrogens is 4. The van der Waals surface area contributed by atoms with E-state index in [2.05, 4.69) is 16.8 Å². The maximum absolute atomic E-state index is 14.0. The summed E-state index contributed by atoms with van der Waals surface area (Å²) in [5.74, 6) is 0.150. The zero-order chi connectivity index (χ0) is 27.8. The Morgan fingerprint density at radius 2 is 1.56 bits per heavy atom. The first-order valence-electron chi connectivity index (χ1n) is 14.6. The number of rotatable bonds is 14. The maximum Gasteiger partial charge on any atom is 0.262 e. The standard InChI is InChI=1S/C29H44N6O3S/c1-4-6-7-8-9-10-11-15-18-35-28-25(24(5-2)32-35)29(36)31-27(30-28)26(23-16-13-12-14-17-23)39(37,38)34-21-19-33(3)20-22-34/h12-14,16-17,26H,4-11,15,18-22H2,1-3H3,(H,30,31,36). The van der Waals surface area contributed by atoms with Crippen molar-refractivity contribution in [2.24, 2.45) is 0 Å². The molecule has 1 fully saturated rings. The van der Waals surface area contributed by atoms with E-state index in [-0.39, 0.29) is 11.4 Å². The van der Waals surface area contributed by atoms with Crippen LogP contribution < -0.4 is 5.56 Å². The lowest BCUT2D eigenvalue weighted by Crippen LogP contribution is -2.48. The first-order valence-corrected chi connectivity index (χ1v) is 16.1. The van der Waals surface area contributed by atoms with Crippen molar-refractivity contribution in [2.45, 2.75) is 83.4 Å². The summed E-state index contributed by atoms with van der Waals surface area (Å²) >= 11 is 0. The van der Waals surface area contributed by atoms with E-state index in [0.29, 0.717) is 61.4 Å². The Labute approximate surface area is 232 Å². The molecule has 4 rings (SSSR count). The molecular weight excluding hydrogens is 512 g/mol. The molecule has 214 valence electrons. The van der Waals surface area contributed by atoms with Gasteiger partial charge >= 0.3 is 0 Å². The molecule has 1 aliphatic rings. The maximum atomic E-state index is 14.0. The summed E-state index contributed by atoms with van der Waals surface area (Å²) in [6, 6.07) is 9.07. The largest absolute Gasteiger partial charge is 0.308 e. The lowest BCUT2D eigenvalue weighted by Gasteiger charge is -2.34. The first-order chi connectivity index (χ1) is 18.9. The summed E-state index contributed by atoms with van der Waals surface area (Å²) in [5, 5.41) is 4.09. The van der Waals surface area contributed by atoms with Crippen molar-refractivity contribution in [3.05, 3.63) is 57.8 Å². The number of H-pyrrole nitrogens is 1. The van der Waals surface area contributed by atoms with Crippen LogP contribution in [0.15, 0.2) is 35.1 Å². The third kappa shape index (κ3) is 6.96. The quantitative estimate of drug-likeness (QED) is 0.294. The minimum atomic E-state index is -3.84. The van der Waals surface area contributed by atoms with Crippen molar-refractivity contribution in [3.8, 4) is 0 Å². The number of aryl methyl sites for hydroxylation is 2. The average Bonchev–Trinajstić information content (AvgIpc) is 3.29. The molecule has 0 saturated carbocycles. The van der Waals surface area contributed by atoms with E-state index in [4.69, 9.17) is 10.1 Å². The number of likely N-dealkylation sites (N-methyl/N-ethyl adjacent to an activating group) is 1. The molecule has 1 saturated heterocycles. The van der Waals surface area contributed by atoms with Crippen LogP contribution in [0.4, 0.5) is 0 Å².